The number of aromatic hydroxyl groups is 1. The molecule has 16 heteroatoms. The average molecular weight is 702 g/mol. The molecule has 0 fully saturated rings. The Balaban J connectivity index is -0.000000169. The molecule has 0 aliphatic heterocycles. The Kier molecular flexibility index (Phi) is 31.2. The molecule has 154 valence electrons. The number of carbonyl (C=O) groups is 2. The van der Waals surface area contributed by atoms with Crippen molar-refractivity contribution >= 4 is 22.1 Å². The molecule has 0 aliphatic carbocycles. The van der Waals surface area contributed by atoms with Gasteiger partial charge >= 0.3 is 174 Å². The maximum atomic E-state index is 12.2. The van der Waals surface area contributed by atoms with E-state index in [1.54, 1.807) is 19.2 Å². The zero-order chi connectivity index (χ0) is 18.6. The molecule has 0 aliphatic rings. The molecule has 0 atom stereocenters. The molecule has 1 aromatic carbocycles. The SMILES string of the molecule is Cc1cc(O)c(C(=O)OCCS(=O)(=O)O)cc1C(=O)Oc1ccc[nH]1.[Br-].[H-].[H-].[I-].[K+].[K+].[Na+].[Na+]. The van der Waals surface area contributed by atoms with Crippen LogP contribution in [-0.2, 0) is 14.9 Å². The van der Waals surface area contributed by atoms with Crippen LogP contribution in [-0.4, -0.2) is 47.4 Å². The molecule has 0 unspecified atom stereocenters. The van der Waals surface area contributed by atoms with Gasteiger partial charge in [-0.05, 0) is 30.7 Å². The summed E-state index contributed by atoms with van der Waals surface area (Å²) in [5.74, 6) is -2.82. The molecule has 0 saturated heterocycles. The summed E-state index contributed by atoms with van der Waals surface area (Å²) >= 11 is 0. The first-order valence-electron chi connectivity index (χ1n) is 6.99. The van der Waals surface area contributed by atoms with E-state index < -0.39 is 40.2 Å². The van der Waals surface area contributed by atoms with Crippen molar-refractivity contribution < 1.29 is 243 Å². The quantitative estimate of drug-likeness (QED) is 0.117. The van der Waals surface area contributed by atoms with Crippen LogP contribution >= 0.6 is 0 Å². The number of nitrogens with one attached hydrogen (secondary N) is 1. The third-order valence-corrected chi connectivity index (χ3v) is 3.81. The van der Waals surface area contributed by atoms with Gasteiger partial charge in [0.15, 0.2) is 0 Å². The summed E-state index contributed by atoms with van der Waals surface area (Å²) in [5.41, 5.74) is 0.0528. The van der Waals surface area contributed by atoms with Gasteiger partial charge in [-0.2, -0.15) is 8.42 Å². The van der Waals surface area contributed by atoms with Crippen molar-refractivity contribution in [3.05, 3.63) is 47.2 Å². The van der Waals surface area contributed by atoms with Crippen molar-refractivity contribution in [3.63, 3.8) is 0 Å². The minimum Gasteiger partial charge on any atom is -1.00 e. The third-order valence-electron chi connectivity index (χ3n) is 3.13. The molecule has 0 bridgehead atoms. The molecule has 9 nitrogen and oxygen atoms in total. The van der Waals surface area contributed by atoms with Gasteiger partial charge in [0.25, 0.3) is 10.1 Å². The standard InChI is InChI=1S/C15H15NO8S.BrH.HI.2K.2Na.2H/c1-9-7-12(17)11(14(18)23-5-6-25(20,21)22)8-10(9)15(19)24-13-3-2-4-16-13;;;;;;;;/h2-4,7-8,16-17H,5-6H2,1H3,(H,20,21,22);2*1H;;;;;;/q;;;4*+1;2*-1/p-2. The summed E-state index contributed by atoms with van der Waals surface area (Å²) in [6, 6.07) is 5.43. The molecule has 2 rings (SSSR count). The van der Waals surface area contributed by atoms with E-state index in [4.69, 9.17) is 9.29 Å². The summed E-state index contributed by atoms with van der Waals surface area (Å²) < 4.78 is 39.6. The number of esters is 2. The van der Waals surface area contributed by atoms with E-state index in [0.717, 1.165) is 6.07 Å². The molecule has 2 aromatic rings. The monoisotopic (exact) mass is 701 g/mol. The summed E-state index contributed by atoms with van der Waals surface area (Å²) in [5, 5.41) is 9.86. The zero-order valence-corrected chi connectivity index (χ0v) is 32.6. The van der Waals surface area contributed by atoms with Crippen LogP contribution in [0.4, 0.5) is 0 Å². The van der Waals surface area contributed by atoms with Crippen LogP contribution in [0.1, 0.15) is 29.1 Å². The van der Waals surface area contributed by atoms with E-state index in [-0.39, 0.29) is 223 Å². The van der Waals surface area contributed by atoms with Crippen LogP contribution in [0.25, 0.3) is 0 Å². The number of rotatable bonds is 6. The Bertz CT molecular complexity index is 931. The van der Waals surface area contributed by atoms with Gasteiger partial charge in [0, 0.05) is 12.3 Å². The van der Waals surface area contributed by atoms with Gasteiger partial charge in [0.1, 0.15) is 23.7 Å². The number of hydrogen-bond acceptors (Lipinski definition) is 7. The van der Waals surface area contributed by atoms with Crippen molar-refractivity contribution in [1.29, 1.82) is 0 Å². The predicted octanol–water partition coefficient (Wildman–Crippen LogP) is -16.5. The number of carbonyl (C=O) groups excluding carboxylic acids is 2. The molecule has 3 N–H and O–H groups in total. The fourth-order valence-corrected chi connectivity index (χ4v) is 2.22. The number of aryl methyl sites for hydroxylation is 1. The predicted molar refractivity (Wildman–Crippen MR) is 87.5 cm³/mol. The van der Waals surface area contributed by atoms with Gasteiger partial charge in [0.2, 0.25) is 5.88 Å². The number of aromatic amines is 1. The van der Waals surface area contributed by atoms with Gasteiger partial charge in [-0.25, -0.2) is 9.59 Å². The average Bonchev–Trinajstić information content (AvgIpc) is 2.98. The molecule has 0 amide bonds. The number of benzene rings is 1. The second kappa shape index (κ2) is 21.7. The van der Waals surface area contributed by atoms with Crippen molar-refractivity contribution in [2.75, 3.05) is 12.4 Å². The van der Waals surface area contributed by atoms with Crippen molar-refractivity contribution in [3.8, 4) is 11.6 Å². The minimum absolute atomic E-state index is 0. The van der Waals surface area contributed by atoms with Crippen molar-refractivity contribution in [1.82, 2.24) is 4.98 Å². The van der Waals surface area contributed by atoms with E-state index >= 15 is 0 Å². The summed E-state index contributed by atoms with van der Waals surface area (Å²) in [6.45, 7) is 0.936. The van der Waals surface area contributed by atoms with Crippen LogP contribution in [0.15, 0.2) is 30.5 Å². The molecular formula is C15H17BrIK2NNa2O8S. The largest absolute Gasteiger partial charge is 1.00 e. The number of ether oxygens (including phenoxy) is 2. The van der Waals surface area contributed by atoms with Gasteiger partial charge < -0.3 is 63.4 Å². The Labute approximate surface area is 340 Å². The number of phenols is 1. The van der Waals surface area contributed by atoms with Crippen LogP contribution < -0.4 is 208 Å². The summed E-state index contributed by atoms with van der Waals surface area (Å²) in [7, 11) is -4.29. The zero-order valence-electron chi connectivity index (χ0n) is 19.8. The normalized spacial score (nSPS) is 8.97. The van der Waals surface area contributed by atoms with Crippen LogP contribution in [0, 0.1) is 6.92 Å². The molecule has 1 aromatic heterocycles. The Hall–Kier alpha value is 3.63. The van der Waals surface area contributed by atoms with E-state index in [9.17, 15) is 23.1 Å². The first-order chi connectivity index (χ1) is 11.7. The maximum Gasteiger partial charge on any atom is 1.00 e. The Morgan fingerprint density at radius 3 is 2.19 bits per heavy atom. The molecular weight excluding hydrogens is 685 g/mol. The van der Waals surface area contributed by atoms with Crippen LogP contribution in [0.5, 0.6) is 11.6 Å². The number of hydrogen-bond donors (Lipinski definition) is 3. The van der Waals surface area contributed by atoms with Gasteiger partial charge in [-0.3, -0.25) is 4.55 Å². The van der Waals surface area contributed by atoms with Crippen LogP contribution in [0.2, 0.25) is 0 Å². The number of H-pyrrole nitrogens is 1. The molecule has 0 radical (unpaired) electrons. The summed E-state index contributed by atoms with van der Waals surface area (Å²) in [6.07, 6.45) is 1.56. The molecule has 0 spiro atoms. The first-order valence-corrected chi connectivity index (χ1v) is 8.60. The fourth-order valence-electron chi connectivity index (χ4n) is 1.93. The molecule has 0 saturated carbocycles. The fraction of sp³-hybridized carbons (Fsp3) is 0.200. The summed E-state index contributed by atoms with van der Waals surface area (Å²) in [4.78, 5) is 26.8. The Morgan fingerprint density at radius 1 is 1.13 bits per heavy atom. The molecule has 1 heterocycles. The van der Waals surface area contributed by atoms with Gasteiger partial charge in [-0.1, -0.05) is 0 Å². The minimum atomic E-state index is -4.29. The second-order valence-corrected chi connectivity index (χ2v) is 6.60. The van der Waals surface area contributed by atoms with E-state index in [1.165, 1.54) is 12.1 Å². The Morgan fingerprint density at radius 2 is 1.71 bits per heavy atom. The smallest absolute Gasteiger partial charge is 1.00 e. The topological polar surface area (TPSA) is 143 Å². The van der Waals surface area contributed by atoms with E-state index in [1.807, 2.05) is 0 Å². The first kappa shape index (κ1) is 44.6. The van der Waals surface area contributed by atoms with Crippen molar-refractivity contribution in [2.45, 2.75) is 6.92 Å². The van der Waals surface area contributed by atoms with E-state index in [0.29, 0.717) is 5.56 Å². The van der Waals surface area contributed by atoms with Gasteiger partial charge in [0.05, 0.1) is 5.56 Å². The number of halogens is 2. The van der Waals surface area contributed by atoms with Crippen molar-refractivity contribution in [2.24, 2.45) is 0 Å². The number of aromatic nitrogens is 1. The molecule has 31 heavy (non-hydrogen) atoms. The van der Waals surface area contributed by atoms with E-state index in [2.05, 4.69) is 9.72 Å². The number of phenolic OH excluding ortho intramolecular Hbond substituents is 1. The second-order valence-electron chi connectivity index (χ2n) is 5.03. The van der Waals surface area contributed by atoms with Gasteiger partial charge in [-0.15, -0.1) is 0 Å². The van der Waals surface area contributed by atoms with Crippen LogP contribution in [0.3, 0.4) is 0 Å². The maximum absolute atomic E-state index is 12.2. The third kappa shape index (κ3) is 16.2.